The number of benzene rings is 1. The summed E-state index contributed by atoms with van der Waals surface area (Å²) < 4.78 is 5.27. The Bertz CT molecular complexity index is 416. The Labute approximate surface area is 108 Å². The highest BCUT2D eigenvalue weighted by atomic mass is 16.5. The lowest BCUT2D eigenvalue weighted by Crippen LogP contribution is -2.35. The zero-order chi connectivity index (χ0) is 13.7. The molecule has 0 spiro atoms. The van der Waals surface area contributed by atoms with Crippen molar-refractivity contribution in [1.29, 1.82) is 0 Å². The highest BCUT2D eigenvalue weighted by Gasteiger charge is 2.14. The Morgan fingerprint density at radius 2 is 2.11 bits per heavy atom. The van der Waals surface area contributed by atoms with Gasteiger partial charge in [0.1, 0.15) is 5.75 Å². The zero-order valence-electron chi connectivity index (χ0n) is 11.4. The summed E-state index contributed by atoms with van der Waals surface area (Å²) in [5.41, 5.74) is 2.14. The molecule has 4 nitrogen and oxygen atoms in total. The summed E-state index contributed by atoms with van der Waals surface area (Å²) in [6.45, 7) is 6.64. The maximum absolute atomic E-state index is 10.8. The number of carbonyl (C=O) groups is 1. The predicted molar refractivity (Wildman–Crippen MR) is 70.9 cm³/mol. The van der Waals surface area contributed by atoms with E-state index in [-0.39, 0.29) is 12.6 Å². The van der Waals surface area contributed by atoms with Gasteiger partial charge in [-0.3, -0.25) is 9.69 Å². The van der Waals surface area contributed by atoms with Crippen LogP contribution in [-0.2, 0) is 11.3 Å². The molecule has 0 atom stereocenters. The minimum Gasteiger partial charge on any atom is -0.496 e. The van der Waals surface area contributed by atoms with E-state index in [2.05, 4.69) is 0 Å². The second kappa shape index (κ2) is 6.40. The molecule has 100 valence electrons. The third-order valence-electron chi connectivity index (χ3n) is 2.93. The van der Waals surface area contributed by atoms with Crippen LogP contribution in [-0.4, -0.2) is 35.7 Å². The molecule has 1 aromatic rings. The summed E-state index contributed by atoms with van der Waals surface area (Å²) in [6.07, 6.45) is 0. The van der Waals surface area contributed by atoms with Crippen molar-refractivity contribution >= 4 is 5.97 Å². The summed E-state index contributed by atoms with van der Waals surface area (Å²) >= 11 is 0. The molecule has 0 heterocycles. The van der Waals surface area contributed by atoms with Crippen molar-refractivity contribution in [3.63, 3.8) is 0 Å². The van der Waals surface area contributed by atoms with Crippen molar-refractivity contribution in [3.05, 3.63) is 29.3 Å². The van der Waals surface area contributed by atoms with Crippen molar-refractivity contribution in [1.82, 2.24) is 4.90 Å². The molecule has 0 saturated carbocycles. The molecule has 0 fully saturated rings. The van der Waals surface area contributed by atoms with Crippen LogP contribution in [0.2, 0.25) is 0 Å². The van der Waals surface area contributed by atoms with E-state index >= 15 is 0 Å². The van der Waals surface area contributed by atoms with Crippen LogP contribution >= 0.6 is 0 Å². The summed E-state index contributed by atoms with van der Waals surface area (Å²) in [4.78, 5) is 12.7. The summed E-state index contributed by atoms with van der Waals surface area (Å²) in [7, 11) is 1.64. The molecule has 0 unspecified atom stereocenters. The van der Waals surface area contributed by atoms with Crippen LogP contribution in [0.5, 0.6) is 5.75 Å². The third kappa shape index (κ3) is 4.04. The van der Waals surface area contributed by atoms with Crippen LogP contribution in [0.3, 0.4) is 0 Å². The molecule has 0 aliphatic carbocycles. The van der Waals surface area contributed by atoms with Crippen molar-refractivity contribution in [2.75, 3.05) is 13.7 Å². The van der Waals surface area contributed by atoms with E-state index in [0.717, 1.165) is 16.9 Å². The van der Waals surface area contributed by atoms with E-state index in [1.54, 1.807) is 7.11 Å². The number of carboxylic acid groups (broad SMARTS) is 1. The highest BCUT2D eigenvalue weighted by Crippen LogP contribution is 2.20. The largest absolute Gasteiger partial charge is 0.496 e. The molecule has 0 bridgehead atoms. The Morgan fingerprint density at radius 3 is 2.61 bits per heavy atom. The molecular weight excluding hydrogens is 230 g/mol. The second-order valence-corrected chi connectivity index (χ2v) is 4.70. The molecule has 4 heteroatoms. The lowest BCUT2D eigenvalue weighted by molar-refractivity contribution is -0.138. The van der Waals surface area contributed by atoms with Gasteiger partial charge in [0, 0.05) is 12.6 Å². The first kappa shape index (κ1) is 14.5. The number of methoxy groups -OCH3 is 1. The van der Waals surface area contributed by atoms with Gasteiger partial charge in [-0.25, -0.2) is 0 Å². The fourth-order valence-corrected chi connectivity index (χ4v) is 1.79. The molecular formula is C14H21NO3. The maximum Gasteiger partial charge on any atom is 0.317 e. The molecule has 0 radical (unpaired) electrons. The Balaban J connectivity index is 2.83. The fourth-order valence-electron chi connectivity index (χ4n) is 1.79. The first-order valence-corrected chi connectivity index (χ1v) is 6.03. The number of hydrogen-bond acceptors (Lipinski definition) is 3. The average Bonchev–Trinajstić information content (AvgIpc) is 2.29. The van der Waals surface area contributed by atoms with E-state index in [1.807, 2.05) is 43.9 Å². The van der Waals surface area contributed by atoms with Gasteiger partial charge in [-0.2, -0.15) is 0 Å². The minimum atomic E-state index is -0.803. The van der Waals surface area contributed by atoms with Crippen LogP contribution in [0.1, 0.15) is 25.0 Å². The first-order chi connectivity index (χ1) is 8.43. The molecule has 0 aliphatic heterocycles. The third-order valence-corrected chi connectivity index (χ3v) is 2.93. The fraction of sp³-hybridized carbons (Fsp3) is 0.500. The van der Waals surface area contributed by atoms with Gasteiger partial charge >= 0.3 is 5.97 Å². The van der Waals surface area contributed by atoms with Crippen molar-refractivity contribution in [2.24, 2.45) is 0 Å². The molecule has 1 N–H and O–H groups in total. The summed E-state index contributed by atoms with van der Waals surface area (Å²) in [5.74, 6) is 0.0364. The number of nitrogens with zero attached hydrogens (tertiary/aromatic N) is 1. The lowest BCUT2D eigenvalue weighted by atomic mass is 10.1. The van der Waals surface area contributed by atoms with Crippen LogP contribution in [0.15, 0.2) is 18.2 Å². The van der Waals surface area contributed by atoms with Crippen LogP contribution in [0.25, 0.3) is 0 Å². The van der Waals surface area contributed by atoms with E-state index in [1.165, 1.54) is 0 Å². The number of aryl methyl sites for hydroxylation is 1. The topological polar surface area (TPSA) is 49.8 Å². The van der Waals surface area contributed by atoms with Crippen LogP contribution < -0.4 is 4.74 Å². The van der Waals surface area contributed by atoms with Crippen molar-refractivity contribution < 1.29 is 14.6 Å². The Morgan fingerprint density at radius 1 is 1.44 bits per heavy atom. The zero-order valence-corrected chi connectivity index (χ0v) is 11.4. The molecule has 0 saturated heterocycles. The van der Waals surface area contributed by atoms with E-state index in [4.69, 9.17) is 9.84 Å². The minimum absolute atomic E-state index is 0.0495. The van der Waals surface area contributed by atoms with Crippen molar-refractivity contribution in [2.45, 2.75) is 33.4 Å². The predicted octanol–water partition coefficient (Wildman–Crippen LogP) is 2.30. The number of rotatable bonds is 6. The quantitative estimate of drug-likeness (QED) is 0.843. The monoisotopic (exact) mass is 251 g/mol. The summed E-state index contributed by atoms with van der Waals surface area (Å²) in [6, 6.07) is 6.16. The van der Waals surface area contributed by atoms with Gasteiger partial charge < -0.3 is 9.84 Å². The van der Waals surface area contributed by atoms with Crippen LogP contribution in [0, 0.1) is 6.92 Å². The smallest absolute Gasteiger partial charge is 0.317 e. The number of ether oxygens (including phenoxy) is 1. The average molecular weight is 251 g/mol. The van der Waals surface area contributed by atoms with Crippen molar-refractivity contribution in [3.8, 4) is 5.75 Å². The Kier molecular flexibility index (Phi) is 5.16. The van der Waals surface area contributed by atoms with E-state index < -0.39 is 5.97 Å². The molecule has 1 aromatic carbocycles. The van der Waals surface area contributed by atoms with Gasteiger partial charge in [-0.1, -0.05) is 12.1 Å². The van der Waals surface area contributed by atoms with Gasteiger partial charge in [0.25, 0.3) is 0 Å². The molecule has 0 aromatic heterocycles. The van der Waals surface area contributed by atoms with E-state index in [0.29, 0.717) is 6.54 Å². The second-order valence-electron chi connectivity index (χ2n) is 4.70. The SMILES string of the molecule is COc1cc(CN(CC(=O)O)C(C)C)ccc1C. The van der Waals surface area contributed by atoms with Gasteiger partial charge in [-0.15, -0.1) is 0 Å². The lowest BCUT2D eigenvalue weighted by Gasteiger charge is -2.24. The van der Waals surface area contributed by atoms with Crippen LogP contribution in [0.4, 0.5) is 0 Å². The molecule has 18 heavy (non-hydrogen) atoms. The standard InChI is InChI=1S/C14H21NO3/c1-10(2)15(9-14(16)17)8-12-6-5-11(3)13(7-12)18-4/h5-7,10H,8-9H2,1-4H3,(H,16,17). The van der Waals surface area contributed by atoms with Gasteiger partial charge in [0.05, 0.1) is 13.7 Å². The normalized spacial score (nSPS) is 11.0. The number of hydrogen-bond donors (Lipinski definition) is 1. The van der Waals surface area contributed by atoms with E-state index in [9.17, 15) is 4.79 Å². The van der Waals surface area contributed by atoms with Gasteiger partial charge in [-0.05, 0) is 38.0 Å². The number of carboxylic acids is 1. The maximum atomic E-state index is 10.8. The summed E-state index contributed by atoms with van der Waals surface area (Å²) in [5, 5.41) is 8.89. The van der Waals surface area contributed by atoms with Gasteiger partial charge in [0.15, 0.2) is 0 Å². The molecule has 0 amide bonds. The Hall–Kier alpha value is -1.55. The molecule has 1 rings (SSSR count). The molecule has 0 aliphatic rings. The first-order valence-electron chi connectivity index (χ1n) is 6.03. The highest BCUT2D eigenvalue weighted by molar-refractivity contribution is 5.69. The van der Waals surface area contributed by atoms with Gasteiger partial charge in [0.2, 0.25) is 0 Å². The number of aliphatic carboxylic acids is 1.